The number of ether oxygens (including phenoxy) is 1. The Labute approximate surface area is 134 Å². The lowest BCUT2D eigenvalue weighted by atomic mass is 10.2. The third-order valence-corrected chi connectivity index (χ3v) is 5.99. The van der Waals surface area contributed by atoms with Gasteiger partial charge in [0.1, 0.15) is 25.6 Å². The number of hydrogen-bond donors (Lipinski definition) is 0. The smallest absolute Gasteiger partial charge is 0.145 e. The minimum atomic E-state index is 0.679. The predicted octanol–water partition coefficient (Wildman–Crippen LogP) is 3.91. The van der Waals surface area contributed by atoms with Crippen LogP contribution >= 0.6 is 61.1 Å². The molecule has 3 rings (SSSR count). The summed E-state index contributed by atoms with van der Waals surface area (Å²) in [5, 5.41) is 0. The van der Waals surface area contributed by atoms with Crippen LogP contribution in [0.3, 0.4) is 0 Å². The van der Waals surface area contributed by atoms with Gasteiger partial charge in [-0.25, -0.2) is 4.98 Å². The SMILES string of the molecule is Brc1ccc2c(c1)OCCn1c-2nc(I)c1I. The van der Waals surface area contributed by atoms with Gasteiger partial charge in [0.15, 0.2) is 0 Å². The molecule has 0 spiro atoms. The van der Waals surface area contributed by atoms with Crippen molar-refractivity contribution in [2.24, 2.45) is 0 Å². The number of benzene rings is 1. The van der Waals surface area contributed by atoms with Crippen LogP contribution < -0.4 is 4.74 Å². The van der Waals surface area contributed by atoms with Gasteiger partial charge in [-0.3, -0.25) is 0 Å². The van der Waals surface area contributed by atoms with Gasteiger partial charge in [0.05, 0.1) is 12.1 Å². The molecule has 0 unspecified atom stereocenters. The predicted molar refractivity (Wildman–Crippen MR) is 86.3 cm³/mol. The Morgan fingerprint density at radius 1 is 1.35 bits per heavy atom. The van der Waals surface area contributed by atoms with Gasteiger partial charge in [-0.2, -0.15) is 0 Å². The number of fused-ring (bicyclic) bond motifs is 3. The molecule has 0 N–H and O–H groups in total. The fourth-order valence-corrected chi connectivity index (χ4v) is 3.31. The summed E-state index contributed by atoms with van der Waals surface area (Å²) in [4.78, 5) is 4.63. The first kappa shape index (κ1) is 12.2. The molecule has 0 radical (unpaired) electrons. The minimum Gasteiger partial charge on any atom is -0.491 e. The molecule has 0 bridgehead atoms. The molecule has 0 amide bonds. The second kappa shape index (κ2) is 4.69. The molecule has 1 aliphatic rings. The van der Waals surface area contributed by atoms with Crippen molar-refractivity contribution < 1.29 is 4.74 Å². The number of nitrogens with zero attached hydrogens (tertiary/aromatic N) is 2. The zero-order valence-electron chi connectivity index (χ0n) is 8.58. The van der Waals surface area contributed by atoms with Crippen LogP contribution in [0.1, 0.15) is 0 Å². The molecule has 2 aromatic rings. The highest BCUT2D eigenvalue weighted by Crippen LogP contribution is 2.35. The van der Waals surface area contributed by atoms with Crippen LogP contribution in [0, 0.1) is 7.40 Å². The summed E-state index contributed by atoms with van der Waals surface area (Å²) in [5.74, 6) is 1.90. The molecule has 2 heterocycles. The molecule has 0 fully saturated rings. The van der Waals surface area contributed by atoms with E-state index in [1.807, 2.05) is 12.1 Å². The number of hydrogen-bond acceptors (Lipinski definition) is 2. The third kappa shape index (κ3) is 2.12. The number of rotatable bonds is 0. The summed E-state index contributed by atoms with van der Waals surface area (Å²) in [6, 6.07) is 6.07. The maximum atomic E-state index is 5.77. The summed E-state index contributed by atoms with van der Waals surface area (Å²) in [7, 11) is 0. The average Bonchev–Trinajstić information content (AvgIpc) is 2.49. The molecule has 0 aliphatic carbocycles. The molecule has 1 aliphatic heterocycles. The van der Waals surface area contributed by atoms with E-state index in [0.717, 1.165) is 31.9 Å². The van der Waals surface area contributed by atoms with Crippen LogP contribution in [-0.4, -0.2) is 16.2 Å². The highest BCUT2D eigenvalue weighted by atomic mass is 127. The zero-order valence-corrected chi connectivity index (χ0v) is 14.5. The maximum Gasteiger partial charge on any atom is 0.145 e. The molecule has 0 saturated carbocycles. The lowest BCUT2D eigenvalue weighted by Gasteiger charge is -2.05. The highest BCUT2D eigenvalue weighted by Gasteiger charge is 2.21. The van der Waals surface area contributed by atoms with Crippen molar-refractivity contribution in [3.05, 3.63) is 30.1 Å². The number of halogens is 3. The first-order chi connectivity index (χ1) is 8.16. The van der Waals surface area contributed by atoms with Crippen LogP contribution in [0.5, 0.6) is 5.75 Å². The fourth-order valence-electron chi connectivity index (χ4n) is 1.86. The monoisotopic (exact) mass is 516 g/mol. The van der Waals surface area contributed by atoms with Gasteiger partial charge >= 0.3 is 0 Å². The second-order valence-electron chi connectivity index (χ2n) is 3.66. The Bertz CT molecular complexity index is 597. The lowest BCUT2D eigenvalue weighted by Crippen LogP contribution is -2.07. The Morgan fingerprint density at radius 3 is 3.00 bits per heavy atom. The normalized spacial score (nSPS) is 13.6. The van der Waals surface area contributed by atoms with Crippen molar-refractivity contribution in [1.29, 1.82) is 0 Å². The first-order valence-electron chi connectivity index (χ1n) is 5.01. The molecular weight excluding hydrogens is 510 g/mol. The van der Waals surface area contributed by atoms with Gasteiger partial charge in [0.25, 0.3) is 0 Å². The summed E-state index contributed by atoms with van der Waals surface area (Å²) in [6.07, 6.45) is 0. The average molecular weight is 517 g/mol. The summed E-state index contributed by atoms with van der Waals surface area (Å²) >= 11 is 8.07. The Balaban J connectivity index is 2.27. The van der Waals surface area contributed by atoms with Gasteiger partial charge in [-0.1, -0.05) is 15.9 Å². The second-order valence-corrected chi connectivity index (χ2v) is 6.62. The van der Waals surface area contributed by atoms with E-state index >= 15 is 0 Å². The van der Waals surface area contributed by atoms with Crippen LogP contribution in [0.2, 0.25) is 0 Å². The van der Waals surface area contributed by atoms with Crippen LogP contribution in [0.15, 0.2) is 22.7 Å². The molecule has 0 atom stereocenters. The molecule has 88 valence electrons. The Morgan fingerprint density at radius 2 is 2.18 bits per heavy atom. The van der Waals surface area contributed by atoms with E-state index < -0.39 is 0 Å². The quantitative estimate of drug-likeness (QED) is 0.497. The van der Waals surface area contributed by atoms with E-state index in [-0.39, 0.29) is 0 Å². The van der Waals surface area contributed by atoms with E-state index in [2.05, 4.69) is 76.7 Å². The number of aromatic nitrogens is 2. The van der Waals surface area contributed by atoms with E-state index in [1.165, 1.54) is 3.70 Å². The number of imidazole rings is 1. The topological polar surface area (TPSA) is 27.1 Å². The third-order valence-electron chi connectivity index (χ3n) is 2.62. The van der Waals surface area contributed by atoms with Crippen LogP contribution in [0.4, 0.5) is 0 Å². The summed E-state index contributed by atoms with van der Waals surface area (Å²) in [5.41, 5.74) is 1.06. The summed E-state index contributed by atoms with van der Waals surface area (Å²) < 4.78 is 11.2. The molecule has 3 nitrogen and oxygen atoms in total. The van der Waals surface area contributed by atoms with Gasteiger partial charge in [-0.15, -0.1) is 0 Å². The Kier molecular flexibility index (Phi) is 3.37. The molecule has 17 heavy (non-hydrogen) atoms. The van der Waals surface area contributed by atoms with Crippen molar-refractivity contribution in [3.8, 4) is 17.1 Å². The minimum absolute atomic E-state index is 0.679. The van der Waals surface area contributed by atoms with Crippen molar-refractivity contribution in [2.75, 3.05) is 6.61 Å². The van der Waals surface area contributed by atoms with E-state index in [1.54, 1.807) is 0 Å². The van der Waals surface area contributed by atoms with Crippen molar-refractivity contribution in [3.63, 3.8) is 0 Å². The molecule has 0 saturated heterocycles. The first-order valence-corrected chi connectivity index (χ1v) is 7.96. The van der Waals surface area contributed by atoms with Gasteiger partial charge in [-0.05, 0) is 63.4 Å². The molecule has 1 aromatic heterocycles. The van der Waals surface area contributed by atoms with E-state index in [4.69, 9.17) is 4.74 Å². The Hall–Kier alpha value is 0.170. The highest BCUT2D eigenvalue weighted by molar-refractivity contribution is 14.1. The lowest BCUT2D eigenvalue weighted by molar-refractivity contribution is 0.305. The summed E-state index contributed by atoms with van der Waals surface area (Å²) in [6.45, 7) is 1.52. The molecular formula is C11H7BrI2N2O. The van der Waals surface area contributed by atoms with Gasteiger partial charge < -0.3 is 9.30 Å². The van der Waals surface area contributed by atoms with Crippen molar-refractivity contribution in [1.82, 2.24) is 9.55 Å². The van der Waals surface area contributed by atoms with E-state index in [0.29, 0.717) is 6.61 Å². The van der Waals surface area contributed by atoms with Crippen molar-refractivity contribution >= 4 is 61.1 Å². The molecule has 6 heteroatoms. The van der Waals surface area contributed by atoms with Crippen LogP contribution in [0.25, 0.3) is 11.4 Å². The van der Waals surface area contributed by atoms with Crippen LogP contribution in [-0.2, 0) is 6.54 Å². The fraction of sp³-hybridized carbons (Fsp3) is 0.182. The van der Waals surface area contributed by atoms with Crippen molar-refractivity contribution in [2.45, 2.75) is 6.54 Å². The van der Waals surface area contributed by atoms with Gasteiger partial charge in [0.2, 0.25) is 0 Å². The van der Waals surface area contributed by atoms with E-state index in [9.17, 15) is 0 Å². The molecule has 1 aromatic carbocycles. The zero-order chi connectivity index (χ0) is 12.0. The maximum absolute atomic E-state index is 5.77. The van der Waals surface area contributed by atoms with Gasteiger partial charge in [0, 0.05) is 4.47 Å². The largest absolute Gasteiger partial charge is 0.491 e. The standard InChI is InChI=1S/C11H7BrI2N2O/c12-6-1-2-7-8(5-6)17-4-3-16-10(14)9(13)15-11(7)16/h1-2,5H,3-4H2.